The van der Waals surface area contributed by atoms with Gasteiger partial charge in [-0.1, -0.05) is 30.3 Å². The highest BCUT2D eigenvalue weighted by Gasteiger charge is 2.25. The summed E-state index contributed by atoms with van der Waals surface area (Å²) in [4.78, 5) is 2.51. The van der Waals surface area contributed by atoms with E-state index in [9.17, 15) is 5.11 Å². The highest BCUT2D eigenvalue weighted by atomic mass is 16.3. The largest absolute Gasteiger partial charge is 0.394 e. The van der Waals surface area contributed by atoms with Gasteiger partial charge in [-0.3, -0.25) is 4.90 Å². The summed E-state index contributed by atoms with van der Waals surface area (Å²) in [6.45, 7) is 7.63. The molecule has 2 N–H and O–H groups in total. The van der Waals surface area contributed by atoms with Crippen molar-refractivity contribution in [1.82, 2.24) is 10.2 Å². The first-order valence-corrected chi connectivity index (χ1v) is 7.24. The summed E-state index contributed by atoms with van der Waals surface area (Å²) in [5.41, 5.74) is 1.23. The summed E-state index contributed by atoms with van der Waals surface area (Å²) in [5.74, 6) is 0. The first-order valence-electron chi connectivity index (χ1n) is 7.24. The zero-order chi connectivity index (χ0) is 13.7. The molecule has 2 rings (SSSR count). The fourth-order valence-electron chi connectivity index (χ4n) is 2.68. The number of hydrogen-bond donors (Lipinski definition) is 2. The molecular weight excluding hydrogens is 236 g/mol. The monoisotopic (exact) mass is 262 g/mol. The molecule has 106 valence electrons. The van der Waals surface area contributed by atoms with Gasteiger partial charge in [0.2, 0.25) is 0 Å². The Balaban J connectivity index is 1.77. The van der Waals surface area contributed by atoms with Gasteiger partial charge in [-0.2, -0.15) is 0 Å². The third kappa shape index (κ3) is 4.60. The first-order chi connectivity index (χ1) is 9.09. The summed E-state index contributed by atoms with van der Waals surface area (Å²) in [7, 11) is 0. The number of nitrogens with zero attached hydrogens (tertiary/aromatic N) is 1. The topological polar surface area (TPSA) is 35.5 Å². The molecule has 3 nitrogen and oxygen atoms in total. The molecule has 1 aliphatic rings. The van der Waals surface area contributed by atoms with E-state index in [-0.39, 0.29) is 12.1 Å². The summed E-state index contributed by atoms with van der Waals surface area (Å²) in [5, 5.41) is 12.9. The molecule has 0 bridgehead atoms. The molecule has 1 aromatic rings. The van der Waals surface area contributed by atoms with E-state index in [1.807, 2.05) is 0 Å². The van der Waals surface area contributed by atoms with Crippen LogP contribution in [0.5, 0.6) is 0 Å². The van der Waals surface area contributed by atoms with Crippen LogP contribution in [-0.2, 0) is 6.54 Å². The molecule has 0 saturated carbocycles. The molecule has 0 unspecified atom stereocenters. The smallest absolute Gasteiger partial charge is 0.0607 e. The second-order valence-electron chi connectivity index (χ2n) is 6.22. The van der Waals surface area contributed by atoms with Gasteiger partial charge in [0.15, 0.2) is 0 Å². The fourth-order valence-corrected chi connectivity index (χ4v) is 2.68. The highest BCUT2D eigenvalue weighted by Crippen LogP contribution is 2.16. The molecule has 1 heterocycles. The Labute approximate surface area is 116 Å². The Hall–Kier alpha value is -0.900. The van der Waals surface area contributed by atoms with Crippen LogP contribution in [0, 0.1) is 0 Å². The van der Waals surface area contributed by atoms with Crippen molar-refractivity contribution in [3.8, 4) is 0 Å². The van der Waals surface area contributed by atoms with E-state index < -0.39 is 0 Å². The molecule has 1 fully saturated rings. The van der Waals surface area contributed by atoms with Crippen LogP contribution in [0.1, 0.15) is 32.3 Å². The summed E-state index contributed by atoms with van der Waals surface area (Å²) < 4.78 is 0. The minimum absolute atomic E-state index is 0.160. The van der Waals surface area contributed by atoms with Gasteiger partial charge in [0.05, 0.1) is 6.61 Å². The van der Waals surface area contributed by atoms with E-state index in [2.05, 4.69) is 54.4 Å². The van der Waals surface area contributed by atoms with Gasteiger partial charge < -0.3 is 10.4 Å². The van der Waals surface area contributed by atoms with E-state index in [1.165, 1.54) is 5.56 Å². The van der Waals surface area contributed by atoms with Crippen LogP contribution in [0.2, 0.25) is 0 Å². The maximum Gasteiger partial charge on any atom is 0.0607 e. The molecule has 19 heavy (non-hydrogen) atoms. The zero-order valence-corrected chi connectivity index (χ0v) is 12.1. The number of benzene rings is 1. The zero-order valence-electron chi connectivity index (χ0n) is 12.1. The predicted molar refractivity (Wildman–Crippen MR) is 79.0 cm³/mol. The van der Waals surface area contributed by atoms with Crippen molar-refractivity contribution in [3.05, 3.63) is 35.9 Å². The summed E-state index contributed by atoms with van der Waals surface area (Å²) in [6, 6.07) is 11.2. The van der Waals surface area contributed by atoms with Gasteiger partial charge in [-0.15, -0.1) is 0 Å². The quantitative estimate of drug-likeness (QED) is 0.852. The Morgan fingerprint density at radius 2 is 1.84 bits per heavy atom. The molecule has 0 atom stereocenters. The highest BCUT2D eigenvalue weighted by molar-refractivity contribution is 5.14. The van der Waals surface area contributed by atoms with Gasteiger partial charge in [0.25, 0.3) is 0 Å². The third-order valence-electron chi connectivity index (χ3n) is 3.83. The SMILES string of the molecule is CC(C)(CO)NC1CCN(Cc2ccccc2)CC1. The minimum atomic E-state index is -0.160. The van der Waals surface area contributed by atoms with E-state index in [1.54, 1.807) is 0 Å². The van der Waals surface area contributed by atoms with Crippen LogP contribution in [0.15, 0.2) is 30.3 Å². The van der Waals surface area contributed by atoms with Crippen LogP contribution < -0.4 is 5.32 Å². The molecule has 0 aliphatic carbocycles. The van der Waals surface area contributed by atoms with Crippen molar-refractivity contribution >= 4 is 0 Å². The average Bonchev–Trinajstić information content (AvgIpc) is 2.42. The summed E-state index contributed by atoms with van der Waals surface area (Å²) >= 11 is 0. The molecule has 1 aromatic carbocycles. The van der Waals surface area contributed by atoms with E-state index in [0.717, 1.165) is 32.5 Å². The molecule has 1 saturated heterocycles. The Morgan fingerprint density at radius 3 is 2.42 bits per heavy atom. The molecular formula is C16H26N2O. The van der Waals surface area contributed by atoms with Crippen molar-refractivity contribution < 1.29 is 5.11 Å². The lowest BCUT2D eigenvalue weighted by atomic mass is 9.99. The van der Waals surface area contributed by atoms with Crippen LogP contribution in [0.3, 0.4) is 0 Å². The predicted octanol–water partition coefficient (Wildman–Crippen LogP) is 2.01. The Bertz CT molecular complexity index is 370. The third-order valence-corrected chi connectivity index (χ3v) is 3.83. The van der Waals surface area contributed by atoms with Gasteiger partial charge in [-0.05, 0) is 45.3 Å². The second-order valence-corrected chi connectivity index (χ2v) is 6.22. The molecule has 0 radical (unpaired) electrons. The van der Waals surface area contributed by atoms with Crippen molar-refractivity contribution in [2.45, 2.75) is 44.8 Å². The second kappa shape index (κ2) is 6.51. The molecule has 0 amide bonds. The number of piperidine rings is 1. The van der Waals surface area contributed by atoms with Crippen molar-refractivity contribution in [3.63, 3.8) is 0 Å². The van der Waals surface area contributed by atoms with E-state index in [4.69, 9.17) is 0 Å². The number of aliphatic hydroxyl groups excluding tert-OH is 1. The molecule has 3 heteroatoms. The maximum absolute atomic E-state index is 9.30. The lowest BCUT2D eigenvalue weighted by Crippen LogP contribution is -2.52. The van der Waals surface area contributed by atoms with Crippen LogP contribution in [0.25, 0.3) is 0 Å². The number of likely N-dealkylation sites (tertiary alicyclic amines) is 1. The average molecular weight is 262 g/mol. The number of hydrogen-bond acceptors (Lipinski definition) is 3. The normalized spacial score (nSPS) is 18.7. The number of rotatable bonds is 5. The van der Waals surface area contributed by atoms with Crippen LogP contribution in [0.4, 0.5) is 0 Å². The Morgan fingerprint density at radius 1 is 1.21 bits per heavy atom. The van der Waals surface area contributed by atoms with Crippen LogP contribution >= 0.6 is 0 Å². The standard InChI is InChI=1S/C16H26N2O/c1-16(2,13-19)17-15-8-10-18(11-9-15)12-14-6-4-3-5-7-14/h3-7,15,17,19H,8-13H2,1-2H3. The minimum Gasteiger partial charge on any atom is -0.394 e. The molecule has 0 spiro atoms. The Kier molecular flexibility index (Phi) is 4.97. The van der Waals surface area contributed by atoms with E-state index >= 15 is 0 Å². The number of aliphatic hydroxyl groups is 1. The van der Waals surface area contributed by atoms with Gasteiger partial charge in [0.1, 0.15) is 0 Å². The summed E-state index contributed by atoms with van der Waals surface area (Å²) in [6.07, 6.45) is 2.33. The molecule has 0 aromatic heterocycles. The van der Waals surface area contributed by atoms with Crippen molar-refractivity contribution in [2.75, 3.05) is 19.7 Å². The first kappa shape index (κ1) is 14.5. The van der Waals surface area contributed by atoms with Crippen molar-refractivity contribution in [1.29, 1.82) is 0 Å². The maximum atomic E-state index is 9.30. The lowest BCUT2D eigenvalue weighted by Gasteiger charge is -2.37. The van der Waals surface area contributed by atoms with Gasteiger partial charge >= 0.3 is 0 Å². The van der Waals surface area contributed by atoms with E-state index in [0.29, 0.717) is 6.04 Å². The lowest BCUT2D eigenvalue weighted by molar-refractivity contribution is 0.136. The molecule has 1 aliphatic heterocycles. The van der Waals surface area contributed by atoms with Gasteiger partial charge in [-0.25, -0.2) is 0 Å². The van der Waals surface area contributed by atoms with Crippen molar-refractivity contribution in [2.24, 2.45) is 0 Å². The fraction of sp³-hybridized carbons (Fsp3) is 0.625. The van der Waals surface area contributed by atoms with Gasteiger partial charge in [0, 0.05) is 18.1 Å². The van der Waals surface area contributed by atoms with Crippen LogP contribution in [-0.4, -0.2) is 41.3 Å². The number of nitrogens with one attached hydrogen (secondary N) is 1.